The van der Waals surface area contributed by atoms with E-state index >= 15 is 0 Å². The zero-order valence-corrected chi connectivity index (χ0v) is 12.8. The van der Waals surface area contributed by atoms with Crippen molar-refractivity contribution in [3.8, 4) is 0 Å². The maximum atomic E-state index is 13.0. The van der Waals surface area contributed by atoms with Gasteiger partial charge in [-0.3, -0.25) is 0 Å². The molecule has 22 heavy (non-hydrogen) atoms. The summed E-state index contributed by atoms with van der Waals surface area (Å²) < 4.78 is 39.4. The molecule has 0 fully saturated rings. The lowest BCUT2D eigenvalue weighted by molar-refractivity contribution is 0.282. The number of aliphatic hydroxyl groups is 1. The SMILES string of the molecule is O=S(=O)(Cc1cccc(F)c1)NCCc1ccc(CO)cc1. The van der Waals surface area contributed by atoms with Crippen LogP contribution in [-0.2, 0) is 28.8 Å². The first kappa shape index (κ1) is 16.6. The van der Waals surface area contributed by atoms with E-state index in [0.29, 0.717) is 12.0 Å². The van der Waals surface area contributed by atoms with E-state index in [1.807, 2.05) is 12.1 Å². The first-order valence-corrected chi connectivity index (χ1v) is 8.54. The molecule has 4 nitrogen and oxygen atoms in total. The van der Waals surface area contributed by atoms with Crippen LogP contribution >= 0.6 is 0 Å². The fourth-order valence-corrected chi connectivity index (χ4v) is 3.19. The average molecular weight is 323 g/mol. The molecule has 118 valence electrons. The fourth-order valence-electron chi connectivity index (χ4n) is 2.06. The zero-order chi connectivity index (χ0) is 16.0. The molecular weight excluding hydrogens is 305 g/mol. The highest BCUT2D eigenvalue weighted by atomic mass is 32.2. The molecule has 0 bridgehead atoms. The zero-order valence-electron chi connectivity index (χ0n) is 12.0. The predicted octanol–water partition coefficient (Wildman–Crippen LogP) is 1.98. The molecule has 2 aromatic carbocycles. The van der Waals surface area contributed by atoms with Gasteiger partial charge in [-0.1, -0.05) is 36.4 Å². The Balaban J connectivity index is 1.86. The van der Waals surface area contributed by atoms with Gasteiger partial charge in [0, 0.05) is 6.54 Å². The van der Waals surface area contributed by atoms with Crippen LogP contribution in [0.4, 0.5) is 4.39 Å². The molecular formula is C16H18FNO3S. The Bertz CT molecular complexity index is 714. The summed E-state index contributed by atoms with van der Waals surface area (Å²) in [5, 5.41) is 8.95. The first-order valence-electron chi connectivity index (χ1n) is 6.89. The Labute approximate surface area is 129 Å². The summed E-state index contributed by atoms with van der Waals surface area (Å²) in [5.41, 5.74) is 2.21. The minimum absolute atomic E-state index is 0.0133. The molecule has 0 aliphatic rings. The lowest BCUT2D eigenvalue weighted by Crippen LogP contribution is -2.27. The van der Waals surface area contributed by atoms with E-state index in [4.69, 9.17) is 5.11 Å². The maximum Gasteiger partial charge on any atom is 0.215 e. The van der Waals surface area contributed by atoms with Gasteiger partial charge in [0.05, 0.1) is 12.4 Å². The summed E-state index contributed by atoms with van der Waals surface area (Å²) >= 11 is 0. The van der Waals surface area contributed by atoms with Crippen LogP contribution in [0.5, 0.6) is 0 Å². The molecule has 0 aliphatic heterocycles. The van der Waals surface area contributed by atoms with Crippen molar-refractivity contribution >= 4 is 10.0 Å². The van der Waals surface area contributed by atoms with E-state index in [-0.39, 0.29) is 18.9 Å². The topological polar surface area (TPSA) is 66.4 Å². The fraction of sp³-hybridized carbons (Fsp3) is 0.250. The Kier molecular flexibility index (Phi) is 5.65. The van der Waals surface area contributed by atoms with Gasteiger partial charge in [-0.15, -0.1) is 0 Å². The van der Waals surface area contributed by atoms with Crippen molar-refractivity contribution in [3.05, 3.63) is 71.0 Å². The molecule has 0 heterocycles. The molecule has 0 spiro atoms. The van der Waals surface area contributed by atoms with Gasteiger partial charge < -0.3 is 5.11 Å². The van der Waals surface area contributed by atoms with Crippen molar-refractivity contribution in [2.75, 3.05) is 6.54 Å². The van der Waals surface area contributed by atoms with Crippen LogP contribution in [0.3, 0.4) is 0 Å². The van der Waals surface area contributed by atoms with Crippen molar-refractivity contribution in [2.24, 2.45) is 0 Å². The monoisotopic (exact) mass is 323 g/mol. The first-order chi connectivity index (χ1) is 10.5. The van der Waals surface area contributed by atoms with Crippen LogP contribution < -0.4 is 4.72 Å². The van der Waals surface area contributed by atoms with Gasteiger partial charge in [-0.05, 0) is 35.2 Å². The second-order valence-corrected chi connectivity index (χ2v) is 6.81. The van der Waals surface area contributed by atoms with Gasteiger partial charge in [0.25, 0.3) is 0 Å². The Morgan fingerprint density at radius 3 is 2.32 bits per heavy atom. The van der Waals surface area contributed by atoms with Crippen molar-refractivity contribution in [2.45, 2.75) is 18.8 Å². The van der Waals surface area contributed by atoms with Crippen molar-refractivity contribution in [1.82, 2.24) is 4.72 Å². The highest BCUT2D eigenvalue weighted by Crippen LogP contribution is 2.08. The van der Waals surface area contributed by atoms with Crippen LogP contribution in [0.25, 0.3) is 0 Å². The molecule has 2 N–H and O–H groups in total. The van der Waals surface area contributed by atoms with Gasteiger partial charge in [-0.2, -0.15) is 0 Å². The van der Waals surface area contributed by atoms with Gasteiger partial charge in [0.1, 0.15) is 5.82 Å². The largest absolute Gasteiger partial charge is 0.392 e. The Hall–Kier alpha value is -1.76. The summed E-state index contributed by atoms with van der Waals surface area (Å²) in [6.45, 7) is 0.261. The average Bonchev–Trinajstić information content (AvgIpc) is 2.47. The van der Waals surface area contributed by atoms with Gasteiger partial charge in [0.15, 0.2) is 0 Å². The lowest BCUT2D eigenvalue weighted by Gasteiger charge is -2.07. The van der Waals surface area contributed by atoms with E-state index in [9.17, 15) is 12.8 Å². The second-order valence-electron chi connectivity index (χ2n) is 5.01. The lowest BCUT2D eigenvalue weighted by atomic mass is 10.1. The normalized spacial score (nSPS) is 11.5. The molecule has 2 aromatic rings. The third-order valence-electron chi connectivity index (χ3n) is 3.19. The molecule has 0 atom stereocenters. The number of nitrogens with one attached hydrogen (secondary N) is 1. The Morgan fingerprint density at radius 1 is 1.00 bits per heavy atom. The van der Waals surface area contributed by atoms with E-state index in [2.05, 4.69) is 4.72 Å². The standard InChI is InChI=1S/C16H18FNO3S/c17-16-3-1-2-15(10-16)12-22(20,21)18-9-8-13-4-6-14(11-19)7-5-13/h1-7,10,18-19H,8-9,11-12H2. The van der Waals surface area contributed by atoms with E-state index in [1.54, 1.807) is 18.2 Å². The van der Waals surface area contributed by atoms with E-state index in [1.165, 1.54) is 18.2 Å². The number of halogens is 1. The van der Waals surface area contributed by atoms with E-state index in [0.717, 1.165) is 11.1 Å². The van der Waals surface area contributed by atoms with Crippen LogP contribution in [0.2, 0.25) is 0 Å². The molecule has 6 heteroatoms. The summed E-state index contributed by atoms with van der Waals surface area (Å²) in [7, 11) is -3.49. The molecule has 0 radical (unpaired) electrons. The predicted molar refractivity (Wildman–Crippen MR) is 83.1 cm³/mol. The molecule has 0 aromatic heterocycles. The number of sulfonamides is 1. The number of hydrogen-bond acceptors (Lipinski definition) is 3. The van der Waals surface area contributed by atoms with Gasteiger partial charge in [0.2, 0.25) is 10.0 Å². The van der Waals surface area contributed by atoms with Crippen LogP contribution in [0.15, 0.2) is 48.5 Å². The smallest absolute Gasteiger partial charge is 0.215 e. The highest BCUT2D eigenvalue weighted by Gasteiger charge is 2.11. The van der Waals surface area contributed by atoms with Crippen LogP contribution in [0.1, 0.15) is 16.7 Å². The number of hydrogen-bond donors (Lipinski definition) is 2. The van der Waals surface area contributed by atoms with Gasteiger partial charge >= 0.3 is 0 Å². The number of aliphatic hydroxyl groups excluding tert-OH is 1. The molecule has 0 saturated carbocycles. The summed E-state index contributed by atoms with van der Waals surface area (Å²) in [5.74, 6) is -0.689. The molecule has 0 saturated heterocycles. The van der Waals surface area contributed by atoms with E-state index < -0.39 is 15.8 Å². The minimum atomic E-state index is -3.49. The molecule has 0 unspecified atom stereocenters. The highest BCUT2D eigenvalue weighted by molar-refractivity contribution is 7.88. The van der Waals surface area contributed by atoms with Crippen molar-refractivity contribution in [3.63, 3.8) is 0 Å². The third kappa shape index (κ3) is 5.22. The summed E-state index contributed by atoms with van der Waals surface area (Å²) in [4.78, 5) is 0. The number of benzene rings is 2. The number of rotatable bonds is 7. The maximum absolute atomic E-state index is 13.0. The van der Waals surface area contributed by atoms with Crippen molar-refractivity contribution in [1.29, 1.82) is 0 Å². The third-order valence-corrected chi connectivity index (χ3v) is 4.54. The molecule has 2 rings (SSSR count). The van der Waals surface area contributed by atoms with Crippen LogP contribution in [0, 0.1) is 5.82 Å². The van der Waals surface area contributed by atoms with Crippen LogP contribution in [-0.4, -0.2) is 20.1 Å². The minimum Gasteiger partial charge on any atom is -0.392 e. The Morgan fingerprint density at radius 2 is 1.68 bits per heavy atom. The van der Waals surface area contributed by atoms with Crippen molar-refractivity contribution < 1.29 is 17.9 Å². The molecule has 0 amide bonds. The van der Waals surface area contributed by atoms with Gasteiger partial charge in [-0.25, -0.2) is 17.5 Å². The molecule has 0 aliphatic carbocycles. The summed E-state index contributed by atoms with van der Waals surface area (Å²) in [6.07, 6.45) is 0.550. The summed E-state index contributed by atoms with van der Waals surface area (Å²) in [6, 6.07) is 12.9. The second kappa shape index (κ2) is 7.49. The quantitative estimate of drug-likeness (QED) is 0.819.